The van der Waals surface area contributed by atoms with E-state index in [0.29, 0.717) is 0 Å². The van der Waals surface area contributed by atoms with E-state index in [1.54, 1.807) is 0 Å². The molecule has 0 unspecified atom stereocenters. The van der Waals surface area contributed by atoms with Gasteiger partial charge in [-0.25, -0.2) is 0 Å². The maximum Gasteiger partial charge on any atom is 0.0314 e. The molecule has 2 rings (SSSR count). The van der Waals surface area contributed by atoms with Gasteiger partial charge in [0.2, 0.25) is 0 Å². The van der Waals surface area contributed by atoms with Gasteiger partial charge in [0.25, 0.3) is 0 Å². The van der Waals surface area contributed by atoms with Crippen molar-refractivity contribution in [3.8, 4) is 0 Å². The number of hydrogen-bond donors (Lipinski definition) is 2. The third-order valence-electron chi connectivity index (χ3n) is 3.43. The Labute approximate surface area is 98.2 Å². The predicted molar refractivity (Wildman–Crippen MR) is 69.2 cm³/mol. The number of nitrogen functional groups attached to an aromatic ring is 1. The molecule has 1 aromatic carbocycles. The Hall–Kier alpha value is -1.02. The van der Waals surface area contributed by atoms with Crippen molar-refractivity contribution in [2.45, 2.75) is 51.1 Å². The molecule has 2 heteroatoms. The number of anilines is 1. The molecule has 1 aliphatic rings. The fourth-order valence-corrected chi connectivity index (χ4v) is 2.38. The summed E-state index contributed by atoms with van der Waals surface area (Å²) < 4.78 is 0. The molecular formula is C14H22N2. The minimum Gasteiger partial charge on any atom is -0.399 e. The third-order valence-corrected chi connectivity index (χ3v) is 3.43. The first-order chi connectivity index (χ1) is 7.84. The summed E-state index contributed by atoms with van der Waals surface area (Å²) in [6.07, 6.45) is 8.29. The van der Waals surface area contributed by atoms with Crippen molar-refractivity contribution >= 4 is 5.69 Å². The molecule has 1 saturated carbocycles. The highest BCUT2D eigenvalue weighted by Crippen LogP contribution is 2.17. The highest BCUT2D eigenvalue weighted by molar-refractivity contribution is 5.39. The molecule has 1 aromatic rings. The second-order valence-corrected chi connectivity index (χ2v) is 4.81. The molecule has 0 heterocycles. The van der Waals surface area contributed by atoms with E-state index in [1.165, 1.54) is 44.1 Å². The van der Waals surface area contributed by atoms with E-state index in [0.717, 1.165) is 18.3 Å². The molecule has 16 heavy (non-hydrogen) atoms. The van der Waals surface area contributed by atoms with Gasteiger partial charge < -0.3 is 11.1 Å². The number of rotatable bonds is 3. The molecule has 3 N–H and O–H groups in total. The van der Waals surface area contributed by atoms with Crippen LogP contribution in [0.5, 0.6) is 0 Å². The summed E-state index contributed by atoms with van der Waals surface area (Å²) in [5.74, 6) is 0. The minimum absolute atomic E-state index is 0.722. The van der Waals surface area contributed by atoms with Gasteiger partial charge in [-0.15, -0.1) is 0 Å². The van der Waals surface area contributed by atoms with Crippen LogP contribution < -0.4 is 11.1 Å². The van der Waals surface area contributed by atoms with E-state index in [2.05, 4.69) is 17.4 Å². The first kappa shape index (κ1) is 11.5. The Morgan fingerprint density at radius 1 is 1.00 bits per heavy atom. The molecule has 0 bridgehead atoms. The average Bonchev–Trinajstić information content (AvgIpc) is 2.57. The standard InChI is InChI=1S/C14H22N2/c15-13-9-7-12(8-10-13)11-16-14-5-3-1-2-4-6-14/h7-10,14,16H,1-6,11,15H2. The average molecular weight is 218 g/mol. The molecule has 1 fully saturated rings. The topological polar surface area (TPSA) is 38.0 Å². The number of benzene rings is 1. The van der Waals surface area contributed by atoms with Crippen LogP contribution in [0.15, 0.2) is 24.3 Å². The molecule has 2 nitrogen and oxygen atoms in total. The molecule has 0 radical (unpaired) electrons. The molecule has 0 saturated heterocycles. The van der Waals surface area contributed by atoms with E-state index in [4.69, 9.17) is 5.73 Å². The minimum atomic E-state index is 0.722. The summed E-state index contributed by atoms with van der Waals surface area (Å²) in [6, 6.07) is 8.90. The van der Waals surface area contributed by atoms with Crippen LogP contribution in [-0.2, 0) is 6.54 Å². The Morgan fingerprint density at radius 2 is 1.62 bits per heavy atom. The van der Waals surface area contributed by atoms with E-state index in [1.807, 2.05) is 12.1 Å². The van der Waals surface area contributed by atoms with Crippen molar-refractivity contribution < 1.29 is 0 Å². The van der Waals surface area contributed by atoms with Gasteiger partial charge in [0, 0.05) is 18.3 Å². The zero-order chi connectivity index (χ0) is 11.2. The summed E-state index contributed by atoms with van der Waals surface area (Å²) in [6.45, 7) is 0.977. The smallest absolute Gasteiger partial charge is 0.0314 e. The zero-order valence-electron chi connectivity index (χ0n) is 9.91. The maximum atomic E-state index is 5.67. The van der Waals surface area contributed by atoms with Crippen molar-refractivity contribution in [1.29, 1.82) is 0 Å². The fourth-order valence-electron chi connectivity index (χ4n) is 2.38. The lowest BCUT2D eigenvalue weighted by atomic mass is 10.1. The molecular weight excluding hydrogens is 196 g/mol. The summed E-state index contributed by atoms with van der Waals surface area (Å²) in [7, 11) is 0. The zero-order valence-corrected chi connectivity index (χ0v) is 9.91. The number of nitrogens with one attached hydrogen (secondary N) is 1. The highest BCUT2D eigenvalue weighted by Gasteiger charge is 2.10. The van der Waals surface area contributed by atoms with Crippen molar-refractivity contribution in [1.82, 2.24) is 5.32 Å². The summed E-state index contributed by atoms with van der Waals surface area (Å²) >= 11 is 0. The van der Waals surface area contributed by atoms with Crippen LogP contribution in [0.1, 0.15) is 44.1 Å². The number of nitrogens with two attached hydrogens (primary N) is 1. The SMILES string of the molecule is Nc1ccc(CNC2CCCCCC2)cc1. The van der Waals surface area contributed by atoms with Crippen molar-refractivity contribution in [3.63, 3.8) is 0 Å². The second-order valence-electron chi connectivity index (χ2n) is 4.81. The Balaban J connectivity index is 1.79. The van der Waals surface area contributed by atoms with Gasteiger partial charge in [0.05, 0.1) is 0 Å². The van der Waals surface area contributed by atoms with E-state index >= 15 is 0 Å². The Kier molecular flexibility index (Phi) is 4.23. The molecule has 0 aromatic heterocycles. The largest absolute Gasteiger partial charge is 0.399 e. The van der Waals surface area contributed by atoms with Gasteiger partial charge in [-0.2, -0.15) is 0 Å². The number of hydrogen-bond acceptors (Lipinski definition) is 2. The van der Waals surface area contributed by atoms with Gasteiger partial charge in [-0.05, 0) is 30.5 Å². The second kappa shape index (κ2) is 5.90. The van der Waals surface area contributed by atoms with Crippen LogP contribution in [0.25, 0.3) is 0 Å². The first-order valence-electron chi connectivity index (χ1n) is 6.42. The Morgan fingerprint density at radius 3 is 2.25 bits per heavy atom. The molecule has 0 spiro atoms. The molecule has 0 atom stereocenters. The van der Waals surface area contributed by atoms with Gasteiger partial charge in [-0.1, -0.05) is 37.8 Å². The van der Waals surface area contributed by atoms with E-state index < -0.39 is 0 Å². The normalized spacial score (nSPS) is 18.2. The lowest BCUT2D eigenvalue weighted by molar-refractivity contribution is 0.459. The first-order valence-corrected chi connectivity index (χ1v) is 6.42. The fraction of sp³-hybridized carbons (Fsp3) is 0.571. The molecule has 0 amide bonds. The lowest BCUT2D eigenvalue weighted by Crippen LogP contribution is -2.27. The summed E-state index contributed by atoms with van der Waals surface area (Å²) in [5, 5.41) is 3.66. The van der Waals surface area contributed by atoms with Crippen molar-refractivity contribution in [2.75, 3.05) is 5.73 Å². The van der Waals surface area contributed by atoms with Crippen LogP contribution in [0.2, 0.25) is 0 Å². The van der Waals surface area contributed by atoms with Gasteiger partial charge in [0.15, 0.2) is 0 Å². The van der Waals surface area contributed by atoms with E-state index in [-0.39, 0.29) is 0 Å². The Bertz CT molecular complexity index is 297. The lowest BCUT2D eigenvalue weighted by Gasteiger charge is -2.16. The molecule has 0 aliphatic heterocycles. The van der Waals surface area contributed by atoms with Crippen LogP contribution in [0, 0.1) is 0 Å². The highest BCUT2D eigenvalue weighted by atomic mass is 14.9. The predicted octanol–water partition coefficient (Wildman–Crippen LogP) is 3.08. The van der Waals surface area contributed by atoms with Crippen LogP contribution in [0.3, 0.4) is 0 Å². The molecule has 1 aliphatic carbocycles. The monoisotopic (exact) mass is 218 g/mol. The van der Waals surface area contributed by atoms with Gasteiger partial charge in [0.1, 0.15) is 0 Å². The quantitative estimate of drug-likeness (QED) is 0.604. The van der Waals surface area contributed by atoms with Gasteiger partial charge >= 0.3 is 0 Å². The molecule has 88 valence electrons. The van der Waals surface area contributed by atoms with Gasteiger partial charge in [-0.3, -0.25) is 0 Å². The van der Waals surface area contributed by atoms with Crippen molar-refractivity contribution in [2.24, 2.45) is 0 Å². The van der Waals surface area contributed by atoms with Crippen LogP contribution >= 0.6 is 0 Å². The third kappa shape index (κ3) is 3.53. The van der Waals surface area contributed by atoms with Crippen molar-refractivity contribution in [3.05, 3.63) is 29.8 Å². The summed E-state index contributed by atoms with van der Waals surface area (Å²) in [4.78, 5) is 0. The van der Waals surface area contributed by atoms with Crippen LogP contribution in [-0.4, -0.2) is 6.04 Å². The summed E-state index contributed by atoms with van der Waals surface area (Å²) in [5.41, 5.74) is 7.84. The maximum absolute atomic E-state index is 5.67. The van der Waals surface area contributed by atoms with Crippen LogP contribution in [0.4, 0.5) is 5.69 Å². The van der Waals surface area contributed by atoms with E-state index in [9.17, 15) is 0 Å².